The van der Waals surface area contributed by atoms with Gasteiger partial charge in [0.2, 0.25) is 0 Å². The maximum Gasteiger partial charge on any atom is 0.128 e. The van der Waals surface area contributed by atoms with E-state index in [0.717, 1.165) is 6.42 Å². The Morgan fingerprint density at radius 1 is 0.960 bits per heavy atom. The van der Waals surface area contributed by atoms with Crippen molar-refractivity contribution in [1.29, 1.82) is 0 Å². The Morgan fingerprint density at radius 2 is 1.80 bits per heavy atom. The molecule has 0 saturated carbocycles. The Morgan fingerprint density at radius 3 is 2.60 bits per heavy atom. The Hall–Kier alpha value is -2.10. The summed E-state index contributed by atoms with van der Waals surface area (Å²) in [5.41, 5.74) is 5.22. The summed E-state index contributed by atoms with van der Waals surface area (Å²) in [5, 5.41) is 7.19. The van der Waals surface area contributed by atoms with E-state index in [2.05, 4.69) is 73.8 Å². The lowest BCUT2D eigenvalue weighted by atomic mass is 9.93. The summed E-state index contributed by atoms with van der Waals surface area (Å²) in [4.78, 5) is 9.37. The number of nitrogens with zero attached hydrogens (tertiary/aromatic N) is 2. The van der Waals surface area contributed by atoms with Crippen LogP contribution in [0.5, 0.6) is 0 Å². The molecular weight excluding hydrogens is 308 g/mol. The van der Waals surface area contributed by atoms with Gasteiger partial charge in [-0.1, -0.05) is 39.0 Å². The average molecular weight is 336 g/mol. The Labute approximate surface area is 150 Å². The molecule has 0 radical (unpaired) electrons. The molecule has 5 unspecified atom stereocenters. The zero-order valence-electron chi connectivity index (χ0n) is 15.5. The summed E-state index contributed by atoms with van der Waals surface area (Å²) < 4.78 is 0. The highest BCUT2D eigenvalue weighted by Crippen LogP contribution is 2.31. The van der Waals surface area contributed by atoms with Crippen molar-refractivity contribution in [2.75, 3.05) is 0 Å². The van der Waals surface area contributed by atoms with Crippen LogP contribution < -0.4 is 10.6 Å². The number of aliphatic imine (C=N–C) groups is 2. The van der Waals surface area contributed by atoms with Crippen LogP contribution in [0.2, 0.25) is 0 Å². The second kappa shape index (κ2) is 6.32. The van der Waals surface area contributed by atoms with Crippen LogP contribution in [0.3, 0.4) is 0 Å². The maximum atomic E-state index is 4.74. The second-order valence-electron chi connectivity index (χ2n) is 8.04. The molecule has 0 amide bonds. The zero-order chi connectivity index (χ0) is 17.6. The van der Waals surface area contributed by atoms with Crippen LogP contribution in [0.15, 0.2) is 56.8 Å². The van der Waals surface area contributed by atoms with Gasteiger partial charge in [-0.2, -0.15) is 0 Å². The minimum Gasteiger partial charge on any atom is -0.380 e. The van der Waals surface area contributed by atoms with E-state index in [9.17, 15) is 0 Å². The van der Waals surface area contributed by atoms with Crippen LogP contribution in [0.1, 0.15) is 34.1 Å². The van der Waals surface area contributed by atoms with Crippen LogP contribution in [-0.4, -0.2) is 30.7 Å². The topological polar surface area (TPSA) is 48.8 Å². The standard InChI is InChI=1S/C21H28N4/c1-12(2)17-8-16-7-15(11-23-21(16)25-17)6-14(4)18-9-19-20(24-18)5-13(3)10-22-19/h5,7-12,14,16,19-21,24-25H,6H2,1-4H3. The Bertz CT molecular complexity index is 735. The van der Waals surface area contributed by atoms with E-state index < -0.39 is 0 Å². The SMILES string of the molecule is CC1=CC2NC(C(C)CC3=CC4C=C(C(C)C)NC4N=C3)=CC2N=C1. The predicted octanol–water partition coefficient (Wildman–Crippen LogP) is 3.36. The van der Waals surface area contributed by atoms with Crippen molar-refractivity contribution < 1.29 is 0 Å². The number of hydrogen-bond acceptors (Lipinski definition) is 4. The average Bonchev–Trinajstić information content (AvgIpc) is 3.17. The normalized spacial score (nSPS) is 33.6. The van der Waals surface area contributed by atoms with Crippen LogP contribution >= 0.6 is 0 Å². The molecule has 132 valence electrons. The van der Waals surface area contributed by atoms with Crippen molar-refractivity contribution in [3.8, 4) is 0 Å². The number of fused-ring (bicyclic) bond motifs is 2. The molecule has 25 heavy (non-hydrogen) atoms. The van der Waals surface area contributed by atoms with Gasteiger partial charge < -0.3 is 10.6 Å². The lowest BCUT2D eigenvalue weighted by molar-refractivity contribution is 0.530. The van der Waals surface area contributed by atoms with Crippen LogP contribution in [-0.2, 0) is 0 Å². The number of allylic oxidation sites excluding steroid dienone is 4. The van der Waals surface area contributed by atoms with Crippen LogP contribution in [0, 0.1) is 17.8 Å². The first-order valence-corrected chi connectivity index (χ1v) is 9.41. The summed E-state index contributed by atoms with van der Waals surface area (Å²) in [7, 11) is 0. The fourth-order valence-corrected chi connectivity index (χ4v) is 4.03. The van der Waals surface area contributed by atoms with Gasteiger partial charge in [-0.15, -0.1) is 0 Å². The van der Waals surface area contributed by atoms with Gasteiger partial charge in [-0.05, 0) is 42.4 Å². The van der Waals surface area contributed by atoms with Gasteiger partial charge in [-0.25, -0.2) is 0 Å². The highest BCUT2D eigenvalue weighted by Gasteiger charge is 2.31. The summed E-state index contributed by atoms with van der Waals surface area (Å²) >= 11 is 0. The fraction of sp³-hybridized carbons (Fsp3) is 0.524. The van der Waals surface area contributed by atoms with Gasteiger partial charge in [0.15, 0.2) is 0 Å². The molecule has 0 aliphatic carbocycles. The first-order valence-electron chi connectivity index (χ1n) is 9.41. The van der Waals surface area contributed by atoms with Crippen molar-refractivity contribution >= 4 is 12.4 Å². The number of hydrogen-bond donors (Lipinski definition) is 2. The number of dihydropyridines is 2. The smallest absolute Gasteiger partial charge is 0.128 e. The van der Waals surface area contributed by atoms with Gasteiger partial charge in [0.05, 0.1) is 12.1 Å². The first-order chi connectivity index (χ1) is 12.0. The van der Waals surface area contributed by atoms with Crippen LogP contribution in [0.25, 0.3) is 0 Å². The van der Waals surface area contributed by atoms with E-state index >= 15 is 0 Å². The van der Waals surface area contributed by atoms with Gasteiger partial charge in [-0.3, -0.25) is 9.98 Å². The quantitative estimate of drug-likeness (QED) is 0.827. The third-order valence-corrected chi connectivity index (χ3v) is 5.50. The van der Waals surface area contributed by atoms with Crippen molar-refractivity contribution in [3.05, 3.63) is 46.8 Å². The second-order valence-corrected chi connectivity index (χ2v) is 8.04. The minimum atomic E-state index is 0.200. The Balaban J connectivity index is 1.42. The highest BCUT2D eigenvalue weighted by molar-refractivity contribution is 5.80. The molecule has 4 aliphatic rings. The van der Waals surface area contributed by atoms with E-state index in [0.29, 0.717) is 23.8 Å². The molecule has 0 spiro atoms. The molecule has 4 nitrogen and oxygen atoms in total. The Kier molecular flexibility index (Phi) is 4.14. The monoisotopic (exact) mass is 336 g/mol. The molecule has 4 heteroatoms. The van der Waals surface area contributed by atoms with Gasteiger partial charge in [0, 0.05) is 29.7 Å². The van der Waals surface area contributed by atoms with E-state index in [-0.39, 0.29) is 12.2 Å². The molecule has 5 atom stereocenters. The lowest BCUT2D eigenvalue weighted by Crippen LogP contribution is -2.32. The molecule has 0 bridgehead atoms. The molecule has 4 aliphatic heterocycles. The van der Waals surface area contributed by atoms with E-state index in [1.807, 2.05) is 6.21 Å². The zero-order valence-corrected chi connectivity index (χ0v) is 15.5. The molecule has 4 heterocycles. The van der Waals surface area contributed by atoms with Gasteiger partial charge >= 0.3 is 0 Å². The molecule has 4 rings (SSSR count). The predicted molar refractivity (Wildman–Crippen MR) is 105 cm³/mol. The number of nitrogens with one attached hydrogen (secondary N) is 2. The fourth-order valence-electron chi connectivity index (χ4n) is 4.03. The van der Waals surface area contributed by atoms with Gasteiger partial charge in [0.1, 0.15) is 6.17 Å². The third kappa shape index (κ3) is 3.22. The summed E-state index contributed by atoms with van der Waals surface area (Å²) in [6.07, 6.45) is 14.6. The van der Waals surface area contributed by atoms with E-state index in [1.165, 1.54) is 22.5 Å². The molecule has 0 saturated heterocycles. The molecular formula is C21H28N4. The third-order valence-electron chi connectivity index (χ3n) is 5.50. The maximum absolute atomic E-state index is 4.74. The van der Waals surface area contributed by atoms with Crippen LogP contribution in [0.4, 0.5) is 0 Å². The van der Waals surface area contributed by atoms with Crippen molar-refractivity contribution in [3.63, 3.8) is 0 Å². The van der Waals surface area contributed by atoms with E-state index in [4.69, 9.17) is 4.99 Å². The van der Waals surface area contributed by atoms with E-state index in [1.54, 1.807) is 0 Å². The van der Waals surface area contributed by atoms with Crippen molar-refractivity contribution in [1.82, 2.24) is 10.6 Å². The summed E-state index contributed by atoms with van der Waals surface area (Å²) in [6, 6.07) is 0.589. The van der Waals surface area contributed by atoms with Crippen molar-refractivity contribution in [2.24, 2.45) is 27.7 Å². The first kappa shape index (κ1) is 16.4. The molecule has 0 aromatic heterocycles. The largest absolute Gasteiger partial charge is 0.380 e. The molecule has 0 aromatic carbocycles. The summed E-state index contributed by atoms with van der Waals surface area (Å²) in [5.74, 6) is 1.38. The van der Waals surface area contributed by atoms with Gasteiger partial charge in [0.25, 0.3) is 0 Å². The lowest BCUT2D eigenvalue weighted by Gasteiger charge is -2.22. The number of rotatable bonds is 4. The molecule has 2 N–H and O–H groups in total. The van der Waals surface area contributed by atoms with Crippen molar-refractivity contribution in [2.45, 2.75) is 52.4 Å². The molecule has 0 fully saturated rings. The minimum absolute atomic E-state index is 0.200. The summed E-state index contributed by atoms with van der Waals surface area (Å²) in [6.45, 7) is 8.85. The highest BCUT2D eigenvalue weighted by atomic mass is 15.1. The molecule has 0 aromatic rings.